The van der Waals surface area contributed by atoms with Gasteiger partial charge in [-0.1, -0.05) is 6.42 Å². The lowest BCUT2D eigenvalue weighted by Crippen LogP contribution is -2.20. The summed E-state index contributed by atoms with van der Waals surface area (Å²) in [4.78, 5) is 9.23. The molecule has 2 atom stereocenters. The van der Waals surface area contributed by atoms with E-state index in [-0.39, 0.29) is 0 Å². The molecule has 1 aromatic heterocycles. The Bertz CT molecular complexity index is 520. The molecule has 2 unspecified atom stereocenters. The van der Waals surface area contributed by atoms with Crippen LogP contribution in [0.1, 0.15) is 61.4 Å². The zero-order chi connectivity index (χ0) is 13.8. The van der Waals surface area contributed by atoms with Crippen molar-refractivity contribution in [2.45, 2.75) is 63.5 Å². The van der Waals surface area contributed by atoms with E-state index in [4.69, 9.17) is 4.98 Å². The molecule has 21 heavy (non-hydrogen) atoms. The zero-order valence-electron chi connectivity index (χ0n) is 12.7. The molecule has 3 aliphatic carbocycles. The van der Waals surface area contributed by atoms with Crippen LogP contribution in [0.3, 0.4) is 0 Å². The van der Waals surface area contributed by atoms with Gasteiger partial charge in [0.2, 0.25) is 0 Å². The zero-order valence-corrected chi connectivity index (χ0v) is 13.5. The largest absolute Gasteiger partial charge is 0.348 e. The third-order valence-electron chi connectivity index (χ3n) is 5.81. The summed E-state index contributed by atoms with van der Waals surface area (Å²) in [5, 5.41) is 5.02. The van der Waals surface area contributed by atoms with Crippen molar-refractivity contribution in [3.8, 4) is 0 Å². The molecule has 114 valence electrons. The van der Waals surface area contributed by atoms with Gasteiger partial charge in [0, 0.05) is 36.5 Å². The topological polar surface area (TPSA) is 28.2 Å². The summed E-state index contributed by atoms with van der Waals surface area (Å²) >= 11 is 1.99. The first-order valence-electron chi connectivity index (χ1n) is 8.85. The molecule has 5 rings (SSSR count). The van der Waals surface area contributed by atoms with Crippen LogP contribution in [0.2, 0.25) is 0 Å². The van der Waals surface area contributed by atoms with Gasteiger partial charge in [-0.25, -0.2) is 4.98 Å². The molecule has 0 aromatic carbocycles. The lowest BCUT2D eigenvalue weighted by atomic mass is 10.0. The third-order valence-corrected chi connectivity index (χ3v) is 6.94. The number of rotatable bonds is 5. The molecule has 1 N–H and O–H groups in total. The number of hydrogen-bond acceptors (Lipinski definition) is 4. The van der Waals surface area contributed by atoms with Gasteiger partial charge in [-0.2, -0.15) is 0 Å². The second-order valence-electron chi connectivity index (χ2n) is 7.59. The van der Waals surface area contributed by atoms with Gasteiger partial charge in [-0.15, -0.1) is 11.3 Å². The summed E-state index contributed by atoms with van der Waals surface area (Å²) in [6.07, 6.45) is 9.86. The molecule has 0 bridgehead atoms. The predicted octanol–water partition coefficient (Wildman–Crippen LogP) is 3.51. The third kappa shape index (κ3) is 2.50. The number of anilines is 1. The number of nitrogens with one attached hydrogen (secondary N) is 1. The Balaban J connectivity index is 1.35. The van der Waals surface area contributed by atoms with Gasteiger partial charge in [0.05, 0.1) is 5.69 Å². The quantitative estimate of drug-likeness (QED) is 0.902. The van der Waals surface area contributed by atoms with Crippen LogP contribution in [0, 0.1) is 11.8 Å². The van der Waals surface area contributed by atoms with Gasteiger partial charge >= 0.3 is 0 Å². The fourth-order valence-electron chi connectivity index (χ4n) is 4.20. The second kappa shape index (κ2) is 4.95. The molecular formula is C17H25N3S. The highest BCUT2D eigenvalue weighted by Crippen LogP contribution is 2.46. The highest BCUT2D eigenvalue weighted by Gasteiger charge is 2.38. The van der Waals surface area contributed by atoms with Crippen molar-refractivity contribution in [2.75, 3.05) is 18.0 Å². The van der Waals surface area contributed by atoms with Crippen molar-refractivity contribution in [3.63, 3.8) is 0 Å². The maximum atomic E-state index is 5.08. The van der Waals surface area contributed by atoms with Crippen LogP contribution in [-0.2, 0) is 6.54 Å². The molecule has 3 nitrogen and oxygen atoms in total. The summed E-state index contributed by atoms with van der Waals surface area (Å²) in [5.41, 5.74) is 1.44. The normalized spacial score (nSPS) is 31.9. The van der Waals surface area contributed by atoms with Crippen LogP contribution in [0.5, 0.6) is 0 Å². The second-order valence-corrected chi connectivity index (χ2v) is 8.65. The summed E-state index contributed by atoms with van der Waals surface area (Å²) < 4.78 is 0. The van der Waals surface area contributed by atoms with Crippen LogP contribution in [0.25, 0.3) is 0 Å². The Labute approximate surface area is 131 Å². The predicted molar refractivity (Wildman–Crippen MR) is 87.0 cm³/mol. The number of fused-ring (bicyclic) bond motifs is 1. The Morgan fingerprint density at radius 1 is 1.05 bits per heavy atom. The van der Waals surface area contributed by atoms with E-state index in [0.717, 1.165) is 30.3 Å². The summed E-state index contributed by atoms with van der Waals surface area (Å²) in [6, 6.07) is 0.800. The van der Waals surface area contributed by atoms with Crippen molar-refractivity contribution in [3.05, 3.63) is 10.6 Å². The molecule has 0 amide bonds. The van der Waals surface area contributed by atoms with Gasteiger partial charge < -0.3 is 10.2 Å². The van der Waals surface area contributed by atoms with Gasteiger partial charge in [0.15, 0.2) is 5.13 Å². The molecule has 4 heteroatoms. The molecule has 0 radical (unpaired) electrons. The monoisotopic (exact) mass is 303 g/mol. The maximum Gasteiger partial charge on any atom is 0.185 e. The van der Waals surface area contributed by atoms with E-state index in [9.17, 15) is 0 Å². The Kier molecular flexibility index (Phi) is 3.04. The molecule has 4 fully saturated rings. The summed E-state index contributed by atoms with van der Waals surface area (Å²) in [5.74, 6) is 2.71. The van der Waals surface area contributed by atoms with Crippen molar-refractivity contribution in [1.82, 2.24) is 10.3 Å². The van der Waals surface area contributed by atoms with Crippen molar-refractivity contribution in [2.24, 2.45) is 11.8 Å². The Hall–Kier alpha value is -0.610. The minimum atomic E-state index is 0.785. The van der Waals surface area contributed by atoms with Gasteiger partial charge in [0.25, 0.3) is 0 Å². The Morgan fingerprint density at radius 2 is 1.81 bits per heavy atom. The standard InChI is InChI=1S/C17H25N3S/c1-2-12-9-20(10-13(12)3-1)17-19-16(11-4-5-11)15(21-17)8-18-14-6-7-14/h11-14,18H,1-10H2. The molecule has 1 saturated heterocycles. The average Bonchev–Trinajstić information content (AvgIpc) is 3.36. The SMILES string of the molecule is C1CC2CN(c3nc(C4CC4)c(CNC4CC4)s3)CC2C1. The first-order chi connectivity index (χ1) is 10.4. The lowest BCUT2D eigenvalue weighted by Gasteiger charge is -2.15. The molecule has 4 aliphatic rings. The minimum Gasteiger partial charge on any atom is -0.348 e. The van der Waals surface area contributed by atoms with Crippen molar-refractivity contribution < 1.29 is 0 Å². The Morgan fingerprint density at radius 3 is 2.48 bits per heavy atom. The van der Waals surface area contributed by atoms with Gasteiger partial charge in [0.1, 0.15) is 0 Å². The number of nitrogens with zero attached hydrogens (tertiary/aromatic N) is 2. The molecule has 2 heterocycles. The highest BCUT2D eigenvalue weighted by atomic mass is 32.1. The first-order valence-corrected chi connectivity index (χ1v) is 9.66. The van der Waals surface area contributed by atoms with E-state index in [1.807, 2.05) is 11.3 Å². The van der Waals surface area contributed by atoms with Crippen LogP contribution < -0.4 is 10.2 Å². The fourth-order valence-corrected chi connectivity index (χ4v) is 5.32. The van der Waals surface area contributed by atoms with Crippen LogP contribution in [-0.4, -0.2) is 24.1 Å². The molecule has 1 aliphatic heterocycles. The average molecular weight is 303 g/mol. The number of thiazole rings is 1. The smallest absolute Gasteiger partial charge is 0.185 e. The number of hydrogen-bond donors (Lipinski definition) is 1. The maximum absolute atomic E-state index is 5.08. The number of aromatic nitrogens is 1. The van der Waals surface area contributed by atoms with E-state index in [0.29, 0.717) is 0 Å². The highest BCUT2D eigenvalue weighted by molar-refractivity contribution is 7.15. The minimum absolute atomic E-state index is 0.785. The van der Waals surface area contributed by atoms with Crippen molar-refractivity contribution in [1.29, 1.82) is 0 Å². The summed E-state index contributed by atoms with van der Waals surface area (Å²) in [6.45, 7) is 3.62. The van der Waals surface area contributed by atoms with Gasteiger partial charge in [-0.05, 0) is 50.4 Å². The van der Waals surface area contributed by atoms with Crippen molar-refractivity contribution >= 4 is 16.5 Å². The summed E-state index contributed by atoms with van der Waals surface area (Å²) in [7, 11) is 0. The molecular weight excluding hydrogens is 278 g/mol. The first kappa shape index (κ1) is 12.9. The molecule has 1 aromatic rings. The van der Waals surface area contributed by atoms with Crippen LogP contribution >= 0.6 is 11.3 Å². The van der Waals surface area contributed by atoms with Crippen LogP contribution in [0.15, 0.2) is 0 Å². The van der Waals surface area contributed by atoms with E-state index < -0.39 is 0 Å². The van der Waals surface area contributed by atoms with E-state index >= 15 is 0 Å². The van der Waals surface area contributed by atoms with E-state index in [1.54, 1.807) is 0 Å². The molecule has 0 spiro atoms. The fraction of sp³-hybridized carbons (Fsp3) is 0.824. The van der Waals surface area contributed by atoms with Gasteiger partial charge in [-0.3, -0.25) is 0 Å². The molecule has 3 saturated carbocycles. The van der Waals surface area contributed by atoms with E-state index in [1.165, 1.54) is 73.7 Å². The van der Waals surface area contributed by atoms with Crippen LogP contribution in [0.4, 0.5) is 5.13 Å². The van der Waals surface area contributed by atoms with E-state index in [2.05, 4.69) is 10.2 Å². The lowest BCUT2D eigenvalue weighted by molar-refractivity contribution is 0.494.